The van der Waals surface area contributed by atoms with Crippen LogP contribution >= 0.6 is 0 Å². The number of rotatable bonds is 3. The van der Waals surface area contributed by atoms with Gasteiger partial charge < -0.3 is 10.6 Å². The fourth-order valence-electron chi connectivity index (χ4n) is 1.21. The first-order valence-electron chi connectivity index (χ1n) is 3.77. The Kier molecular flexibility index (Phi) is 7.20. The van der Waals surface area contributed by atoms with E-state index >= 15 is 0 Å². The first-order chi connectivity index (χ1) is 4.84. The number of carbonyl (C=O) groups excluding carboxylic acids is 1. The van der Waals surface area contributed by atoms with Gasteiger partial charge in [-0.1, -0.05) is 6.42 Å². The van der Waals surface area contributed by atoms with E-state index in [1.165, 1.54) is 0 Å². The van der Waals surface area contributed by atoms with Gasteiger partial charge in [-0.2, -0.15) is 0 Å². The zero-order valence-electron chi connectivity index (χ0n) is 7.10. The van der Waals surface area contributed by atoms with Gasteiger partial charge in [-0.15, -0.1) is 6.54 Å². The first kappa shape index (κ1) is 12.1. The summed E-state index contributed by atoms with van der Waals surface area (Å²) in [6.45, 7) is 2.14. The SMILES string of the molecule is [K+].[NH-]CCCN1CCCC1=O. The molecule has 1 rings (SSSR count). The Labute approximate surface area is 110 Å². The van der Waals surface area contributed by atoms with E-state index in [1.807, 2.05) is 4.90 Å². The van der Waals surface area contributed by atoms with Gasteiger partial charge in [-0.05, 0) is 6.42 Å². The molecule has 4 heteroatoms. The summed E-state index contributed by atoms with van der Waals surface area (Å²) in [6.07, 6.45) is 2.56. The Morgan fingerprint density at radius 3 is 2.73 bits per heavy atom. The summed E-state index contributed by atoms with van der Waals surface area (Å²) in [4.78, 5) is 12.8. The second-order valence-electron chi connectivity index (χ2n) is 2.59. The average molecular weight is 180 g/mol. The monoisotopic (exact) mass is 180 g/mol. The van der Waals surface area contributed by atoms with Gasteiger partial charge in [0.2, 0.25) is 5.91 Å². The van der Waals surface area contributed by atoms with Crippen LogP contribution in [-0.2, 0) is 4.79 Å². The summed E-state index contributed by atoms with van der Waals surface area (Å²) in [5.74, 6) is 0.272. The van der Waals surface area contributed by atoms with E-state index in [9.17, 15) is 4.79 Å². The molecule has 1 fully saturated rings. The van der Waals surface area contributed by atoms with Crippen molar-refractivity contribution in [2.75, 3.05) is 19.6 Å². The molecule has 1 aliphatic heterocycles. The van der Waals surface area contributed by atoms with E-state index in [0.717, 1.165) is 32.4 Å². The van der Waals surface area contributed by atoms with Gasteiger partial charge in [0.1, 0.15) is 0 Å². The number of hydrogen-bond acceptors (Lipinski definition) is 1. The molecule has 0 atom stereocenters. The molecule has 1 amide bonds. The van der Waals surface area contributed by atoms with Crippen molar-refractivity contribution in [3.05, 3.63) is 5.73 Å². The Balaban J connectivity index is 0.000001000. The van der Waals surface area contributed by atoms with Crippen molar-refractivity contribution in [1.82, 2.24) is 4.90 Å². The molecule has 0 aromatic carbocycles. The largest absolute Gasteiger partial charge is 1.00 e. The van der Waals surface area contributed by atoms with E-state index in [-0.39, 0.29) is 57.3 Å². The minimum Gasteiger partial charge on any atom is -0.677 e. The van der Waals surface area contributed by atoms with Gasteiger partial charge in [0.15, 0.2) is 0 Å². The van der Waals surface area contributed by atoms with Gasteiger partial charge >= 0.3 is 51.4 Å². The maximum atomic E-state index is 10.9. The van der Waals surface area contributed by atoms with Gasteiger partial charge in [0.25, 0.3) is 0 Å². The standard InChI is InChI=1S/C7H13N2O.K/c8-4-2-6-9-5-1-3-7(9)10;/h8H,1-6H2;/q-1;+1. The predicted molar refractivity (Wildman–Crippen MR) is 39.6 cm³/mol. The van der Waals surface area contributed by atoms with Gasteiger partial charge in [0, 0.05) is 19.5 Å². The van der Waals surface area contributed by atoms with Crippen LogP contribution in [0.25, 0.3) is 5.73 Å². The Bertz CT molecular complexity index is 130. The quantitative estimate of drug-likeness (QED) is 0.466. The molecular formula is C7H13KN2O. The van der Waals surface area contributed by atoms with Crippen LogP contribution in [0.2, 0.25) is 0 Å². The van der Waals surface area contributed by atoms with Gasteiger partial charge in [0.05, 0.1) is 0 Å². The molecule has 11 heavy (non-hydrogen) atoms. The van der Waals surface area contributed by atoms with E-state index in [0.29, 0.717) is 6.54 Å². The molecule has 0 bridgehead atoms. The molecule has 0 saturated carbocycles. The summed E-state index contributed by atoms with van der Waals surface area (Å²) in [5.41, 5.74) is 6.89. The molecule has 1 aliphatic rings. The molecule has 0 unspecified atom stereocenters. The minimum atomic E-state index is 0. The van der Waals surface area contributed by atoms with Crippen LogP contribution in [0.15, 0.2) is 0 Å². The van der Waals surface area contributed by atoms with E-state index < -0.39 is 0 Å². The fraction of sp³-hybridized carbons (Fsp3) is 0.857. The Hall–Kier alpha value is 1.07. The molecule has 0 spiro atoms. The third-order valence-electron chi connectivity index (χ3n) is 1.78. The molecule has 1 saturated heterocycles. The van der Waals surface area contributed by atoms with Crippen molar-refractivity contribution in [1.29, 1.82) is 0 Å². The zero-order chi connectivity index (χ0) is 7.40. The van der Waals surface area contributed by atoms with Crippen LogP contribution in [0.3, 0.4) is 0 Å². The normalized spacial score (nSPS) is 16.8. The molecule has 0 aromatic heterocycles. The second-order valence-corrected chi connectivity index (χ2v) is 2.59. The number of likely N-dealkylation sites (tertiary alicyclic amines) is 1. The predicted octanol–water partition coefficient (Wildman–Crippen LogP) is -1.94. The zero-order valence-corrected chi connectivity index (χ0v) is 10.2. The first-order valence-corrected chi connectivity index (χ1v) is 3.77. The number of hydrogen-bond donors (Lipinski definition) is 0. The summed E-state index contributed by atoms with van der Waals surface area (Å²) in [7, 11) is 0. The van der Waals surface area contributed by atoms with Crippen molar-refractivity contribution < 1.29 is 56.2 Å². The van der Waals surface area contributed by atoms with Crippen molar-refractivity contribution in [2.24, 2.45) is 0 Å². The Morgan fingerprint density at radius 2 is 2.27 bits per heavy atom. The van der Waals surface area contributed by atoms with Gasteiger partial charge in [-0.3, -0.25) is 4.79 Å². The summed E-state index contributed by atoms with van der Waals surface area (Å²) < 4.78 is 0. The fourth-order valence-corrected chi connectivity index (χ4v) is 1.21. The number of nitrogens with zero attached hydrogens (tertiary/aromatic N) is 1. The van der Waals surface area contributed by atoms with Crippen LogP contribution in [0.5, 0.6) is 0 Å². The van der Waals surface area contributed by atoms with Crippen molar-refractivity contribution in [3.8, 4) is 0 Å². The van der Waals surface area contributed by atoms with Crippen LogP contribution in [0.1, 0.15) is 19.3 Å². The second kappa shape index (κ2) is 6.57. The number of amides is 1. The summed E-state index contributed by atoms with van der Waals surface area (Å²) in [6, 6.07) is 0. The van der Waals surface area contributed by atoms with Crippen molar-refractivity contribution in [2.45, 2.75) is 19.3 Å². The molecule has 58 valence electrons. The molecule has 1 N–H and O–H groups in total. The van der Waals surface area contributed by atoms with Crippen molar-refractivity contribution in [3.63, 3.8) is 0 Å². The molecule has 3 nitrogen and oxygen atoms in total. The number of nitrogens with one attached hydrogen (secondary N) is 1. The molecular weight excluding hydrogens is 167 g/mol. The topological polar surface area (TPSA) is 44.1 Å². The van der Waals surface area contributed by atoms with Gasteiger partial charge in [-0.25, -0.2) is 0 Å². The maximum absolute atomic E-state index is 10.9. The van der Waals surface area contributed by atoms with Crippen LogP contribution in [0, 0.1) is 0 Å². The third kappa shape index (κ3) is 4.01. The van der Waals surface area contributed by atoms with Crippen molar-refractivity contribution >= 4 is 5.91 Å². The summed E-state index contributed by atoms with van der Waals surface area (Å²) >= 11 is 0. The summed E-state index contributed by atoms with van der Waals surface area (Å²) in [5, 5.41) is 0. The Morgan fingerprint density at radius 1 is 1.55 bits per heavy atom. The van der Waals surface area contributed by atoms with E-state index in [1.54, 1.807) is 0 Å². The molecule has 0 radical (unpaired) electrons. The van der Waals surface area contributed by atoms with E-state index in [2.05, 4.69) is 0 Å². The van der Waals surface area contributed by atoms with Crippen LogP contribution < -0.4 is 51.4 Å². The minimum absolute atomic E-state index is 0. The third-order valence-corrected chi connectivity index (χ3v) is 1.78. The smallest absolute Gasteiger partial charge is 0.677 e. The molecule has 1 heterocycles. The van der Waals surface area contributed by atoms with Crippen LogP contribution in [0.4, 0.5) is 0 Å². The molecule has 0 aliphatic carbocycles. The average Bonchev–Trinajstić information content (AvgIpc) is 2.31. The maximum Gasteiger partial charge on any atom is 1.00 e. The van der Waals surface area contributed by atoms with E-state index in [4.69, 9.17) is 5.73 Å². The van der Waals surface area contributed by atoms with Crippen LogP contribution in [-0.4, -0.2) is 30.4 Å². The molecule has 0 aromatic rings. The number of carbonyl (C=O) groups is 1.